The first-order chi connectivity index (χ1) is 23.5. The molecule has 0 spiro atoms. The minimum absolute atomic E-state index is 0.170. The normalized spacial score (nSPS) is 22.6. The molecule has 3 saturated heterocycles. The van der Waals surface area contributed by atoms with Crippen LogP contribution in [0.4, 0.5) is 13.2 Å². The average molecular weight is 696 g/mol. The van der Waals surface area contributed by atoms with Crippen molar-refractivity contribution in [2.75, 3.05) is 26.7 Å². The summed E-state index contributed by atoms with van der Waals surface area (Å²) in [6.07, 6.45) is 5.95. The number of halogens is 3. The third kappa shape index (κ3) is 6.15. The van der Waals surface area contributed by atoms with Gasteiger partial charge in [0.2, 0.25) is 0 Å². The van der Waals surface area contributed by atoms with Crippen LogP contribution in [0.15, 0.2) is 65.6 Å². The van der Waals surface area contributed by atoms with Gasteiger partial charge in [-0.05, 0) is 106 Å². The summed E-state index contributed by atoms with van der Waals surface area (Å²) in [4.78, 5) is 27.6. The molecular weight excluding hydrogens is 655 g/mol. The van der Waals surface area contributed by atoms with Gasteiger partial charge in [0, 0.05) is 31.2 Å². The summed E-state index contributed by atoms with van der Waals surface area (Å²) in [5, 5.41) is 0. The lowest BCUT2D eigenvalue weighted by atomic mass is 9.70. The molecule has 0 saturated carbocycles. The first-order valence-corrected chi connectivity index (χ1v) is 18.3. The summed E-state index contributed by atoms with van der Waals surface area (Å²) in [6, 6.07) is 17.6. The van der Waals surface area contributed by atoms with Crippen LogP contribution in [0, 0.1) is 24.4 Å². The van der Waals surface area contributed by atoms with E-state index in [9.17, 15) is 22.0 Å². The fraction of sp³-hybridized carbons (Fsp3) is 0.444. The zero-order valence-corrected chi connectivity index (χ0v) is 28.4. The number of nitrogens with one attached hydrogen (secondary N) is 1. The van der Waals surface area contributed by atoms with Gasteiger partial charge in [-0.15, -0.1) is 0 Å². The molecule has 7 rings (SSSR count). The Kier molecular flexibility index (Phi) is 9.05. The Bertz CT molecular complexity index is 1980. The van der Waals surface area contributed by atoms with Crippen molar-refractivity contribution in [2.24, 2.45) is 0 Å². The number of benzene rings is 3. The average Bonchev–Trinajstić information content (AvgIpc) is 3.53. The molecule has 1 aromatic heterocycles. The SMILES string of the molecule is CONS(=O)(=O)c1ccc(F)c(C(=O)N2CCC(CCN3[C@@H]4CC[C@H]3C[C@@H](n3c(C)nc5ccccc53)C4)(c3cccc(F)c3)CC2)c1F. The van der Waals surface area contributed by atoms with Crippen LogP contribution in [-0.2, 0) is 20.3 Å². The van der Waals surface area contributed by atoms with E-state index in [0.717, 1.165) is 74.8 Å². The van der Waals surface area contributed by atoms with Crippen LogP contribution in [0.25, 0.3) is 11.0 Å². The van der Waals surface area contributed by atoms with Crippen LogP contribution >= 0.6 is 0 Å². The highest BCUT2D eigenvalue weighted by Gasteiger charge is 2.44. The molecule has 0 radical (unpaired) electrons. The Morgan fingerprint density at radius 2 is 1.69 bits per heavy atom. The number of imidazole rings is 1. The molecule has 1 amide bonds. The van der Waals surface area contributed by atoms with Gasteiger partial charge in [-0.25, -0.2) is 26.6 Å². The number of amides is 1. The molecule has 4 aromatic rings. The van der Waals surface area contributed by atoms with Crippen LogP contribution in [-0.4, -0.2) is 72.5 Å². The van der Waals surface area contributed by atoms with Crippen LogP contribution < -0.4 is 4.89 Å². The molecule has 9 nitrogen and oxygen atoms in total. The van der Waals surface area contributed by atoms with Gasteiger partial charge in [-0.1, -0.05) is 29.2 Å². The van der Waals surface area contributed by atoms with E-state index in [1.807, 2.05) is 12.1 Å². The first kappa shape index (κ1) is 33.7. The topological polar surface area (TPSA) is 96.8 Å². The second-order valence-electron chi connectivity index (χ2n) is 13.6. The molecule has 0 unspecified atom stereocenters. The number of fused-ring (bicyclic) bond motifs is 3. The molecule has 4 heterocycles. The Morgan fingerprint density at radius 3 is 2.39 bits per heavy atom. The van der Waals surface area contributed by atoms with Crippen molar-refractivity contribution in [3.05, 3.63) is 95.1 Å². The number of likely N-dealkylation sites (tertiary alicyclic amines) is 1. The van der Waals surface area contributed by atoms with Gasteiger partial charge in [-0.2, -0.15) is 0 Å². The molecular formula is C36H40F3N5O4S. The number of carbonyl (C=O) groups excluding carboxylic acids is 1. The predicted molar refractivity (Wildman–Crippen MR) is 178 cm³/mol. The molecule has 3 aromatic carbocycles. The number of hydrogen-bond acceptors (Lipinski definition) is 6. The summed E-state index contributed by atoms with van der Waals surface area (Å²) in [7, 11) is -3.44. The smallest absolute Gasteiger partial charge is 0.265 e. The lowest BCUT2D eigenvalue weighted by molar-refractivity contribution is 0.0598. The molecule has 49 heavy (non-hydrogen) atoms. The zero-order valence-electron chi connectivity index (χ0n) is 27.5. The summed E-state index contributed by atoms with van der Waals surface area (Å²) in [6.45, 7) is 3.23. The highest BCUT2D eigenvalue weighted by atomic mass is 32.2. The van der Waals surface area contributed by atoms with Crippen molar-refractivity contribution in [3.8, 4) is 0 Å². The van der Waals surface area contributed by atoms with Crippen molar-refractivity contribution < 1.29 is 31.2 Å². The standard InChI is InChI=1S/C36H40F3N5O4S/c1-23-40-30-8-3-4-9-31(30)44(23)28-21-26-10-11-27(22-28)43(26)19-16-36(24-6-5-7-25(37)20-24)14-17-42(18-15-36)35(45)33-29(38)12-13-32(34(33)39)49(46,47)41-48-2/h3-9,12-13,20,26-28,41H,10-11,14-19,21-22H2,1-2H3/t26-,27+,28+. The lowest BCUT2D eigenvalue weighted by Crippen LogP contribution is -2.49. The van der Waals surface area contributed by atoms with Crippen LogP contribution in [0.2, 0.25) is 0 Å². The fourth-order valence-corrected chi connectivity index (χ4v) is 9.57. The Labute approximate surface area is 284 Å². The van der Waals surface area contributed by atoms with Gasteiger partial charge < -0.3 is 9.47 Å². The molecule has 260 valence electrons. The van der Waals surface area contributed by atoms with Gasteiger partial charge in [0.25, 0.3) is 15.9 Å². The maximum absolute atomic E-state index is 15.4. The van der Waals surface area contributed by atoms with Crippen LogP contribution in [0.5, 0.6) is 0 Å². The number of aromatic nitrogens is 2. The highest BCUT2D eigenvalue weighted by Crippen LogP contribution is 2.45. The van der Waals surface area contributed by atoms with E-state index >= 15 is 4.39 Å². The van der Waals surface area contributed by atoms with Gasteiger partial charge in [-0.3, -0.25) is 14.5 Å². The van der Waals surface area contributed by atoms with E-state index in [4.69, 9.17) is 4.98 Å². The van der Waals surface area contributed by atoms with Gasteiger partial charge in [0.15, 0.2) is 5.82 Å². The van der Waals surface area contributed by atoms with Gasteiger partial charge >= 0.3 is 0 Å². The van der Waals surface area contributed by atoms with E-state index in [-0.39, 0.29) is 18.9 Å². The maximum atomic E-state index is 15.4. The number of piperidine rings is 2. The number of para-hydroxylation sites is 2. The molecule has 3 aliphatic heterocycles. The van der Waals surface area contributed by atoms with Gasteiger partial charge in [0.1, 0.15) is 27.9 Å². The highest BCUT2D eigenvalue weighted by molar-refractivity contribution is 7.89. The largest absolute Gasteiger partial charge is 0.338 e. The maximum Gasteiger partial charge on any atom is 0.265 e. The second-order valence-corrected chi connectivity index (χ2v) is 15.2. The molecule has 3 aliphatic rings. The molecule has 3 atom stereocenters. The number of sulfonamides is 1. The van der Waals surface area contributed by atoms with E-state index in [1.54, 1.807) is 17.0 Å². The van der Waals surface area contributed by atoms with Crippen molar-refractivity contribution in [1.82, 2.24) is 24.2 Å². The number of aryl methyl sites for hydroxylation is 1. The van der Waals surface area contributed by atoms with Crippen LogP contribution in [0.3, 0.4) is 0 Å². The number of rotatable bonds is 9. The Hall–Kier alpha value is -3.78. The quantitative estimate of drug-likeness (QED) is 0.215. The van der Waals surface area contributed by atoms with E-state index in [1.165, 1.54) is 16.5 Å². The number of nitrogens with zero attached hydrogens (tertiary/aromatic N) is 4. The number of carbonyl (C=O) groups is 1. The summed E-state index contributed by atoms with van der Waals surface area (Å²) < 4.78 is 72.2. The van der Waals surface area contributed by atoms with Crippen molar-refractivity contribution in [2.45, 2.75) is 80.3 Å². The third-order valence-electron chi connectivity index (χ3n) is 11.0. The Balaban J connectivity index is 1.09. The molecule has 2 bridgehead atoms. The monoisotopic (exact) mass is 695 g/mol. The minimum atomic E-state index is -4.48. The third-order valence-corrected chi connectivity index (χ3v) is 12.3. The van der Waals surface area contributed by atoms with Gasteiger partial charge in [0.05, 0.1) is 18.1 Å². The predicted octanol–water partition coefficient (Wildman–Crippen LogP) is 6.03. The fourth-order valence-electron chi connectivity index (χ4n) is 8.68. The van der Waals surface area contributed by atoms with Crippen molar-refractivity contribution in [3.63, 3.8) is 0 Å². The first-order valence-electron chi connectivity index (χ1n) is 16.8. The van der Waals surface area contributed by atoms with Crippen LogP contribution in [0.1, 0.15) is 72.7 Å². The summed E-state index contributed by atoms with van der Waals surface area (Å²) in [5.41, 5.74) is 1.64. The van der Waals surface area contributed by atoms with E-state index in [0.29, 0.717) is 31.0 Å². The number of hydrogen-bond donors (Lipinski definition) is 1. The molecule has 13 heteroatoms. The summed E-state index contributed by atoms with van der Waals surface area (Å²) in [5.74, 6) is -2.87. The van der Waals surface area contributed by atoms with E-state index in [2.05, 4.69) is 39.4 Å². The molecule has 3 fully saturated rings. The molecule has 0 aliphatic carbocycles. The van der Waals surface area contributed by atoms with Crippen molar-refractivity contribution in [1.29, 1.82) is 0 Å². The molecule has 1 N–H and O–H groups in total. The van der Waals surface area contributed by atoms with Crippen molar-refractivity contribution >= 4 is 27.0 Å². The van der Waals surface area contributed by atoms with E-state index < -0.39 is 43.4 Å². The lowest BCUT2D eigenvalue weighted by Gasteiger charge is -2.45. The summed E-state index contributed by atoms with van der Waals surface area (Å²) >= 11 is 0. The minimum Gasteiger partial charge on any atom is -0.338 e. The zero-order chi connectivity index (χ0) is 34.5. The second kappa shape index (κ2) is 13.2. The Morgan fingerprint density at radius 1 is 0.980 bits per heavy atom.